The van der Waals surface area contributed by atoms with Crippen LogP contribution in [0.25, 0.3) is 0 Å². The molecule has 1 fully saturated rings. The molecule has 1 aliphatic heterocycles. The zero-order chi connectivity index (χ0) is 23.8. The van der Waals surface area contributed by atoms with Crippen LogP contribution in [0.1, 0.15) is 54.1 Å². The number of amides is 2. The minimum absolute atomic E-state index is 0.0132. The summed E-state index contributed by atoms with van der Waals surface area (Å²) in [6, 6.07) is 17.6. The predicted molar refractivity (Wildman–Crippen MR) is 134 cm³/mol. The Kier molecular flexibility index (Phi) is 8.31. The van der Waals surface area contributed by atoms with Gasteiger partial charge in [0.05, 0.1) is 23.2 Å². The summed E-state index contributed by atoms with van der Waals surface area (Å²) < 4.78 is 5.90. The van der Waals surface area contributed by atoms with Crippen LogP contribution >= 0.6 is 11.3 Å². The van der Waals surface area contributed by atoms with Gasteiger partial charge in [0, 0.05) is 30.5 Å². The van der Waals surface area contributed by atoms with Crippen LogP contribution in [-0.4, -0.2) is 41.4 Å². The normalized spacial score (nSPS) is 14.1. The van der Waals surface area contributed by atoms with E-state index in [-0.39, 0.29) is 30.9 Å². The van der Waals surface area contributed by atoms with Crippen LogP contribution in [0.4, 0.5) is 0 Å². The Bertz CT molecular complexity index is 1090. The lowest BCUT2D eigenvalue weighted by Gasteiger charge is -2.21. The molecule has 1 aromatic heterocycles. The van der Waals surface area contributed by atoms with Crippen LogP contribution < -0.4 is 10.1 Å². The molecule has 1 atom stereocenters. The van der Waals surface area contributed by atoms with Crippen molar-refractivity contribution in [1.82, 2.24) is 15.2 Å². The quantitative estimate of drug-likeness (QED) is 0.465. The van der Waals surface area contributed by atoms with Crippen molar-refractivity contribution >= 4 is 23.2 Å². The van der Waals surface area contributed by atoms with E-state index in [1.54, 1.807) is 11.3 Å². The molecule has 178 valence electrons. The van der Waals surface area contributed by atoms with Gasteiger partial charge in [0.15, 0.2) is 6.61 Å². The maximum atomic E-state index is 12.8. The van der Waals surface area contributed by atoms with E-state index in [0.717, 1.165) is 48.6 Å². The molecule has 0 radical (unpaired) electrons. The number of para-hydroxylation sites is 1. The van der Waals surface area contributed by atoms with Gasteiger partial charge in [-0.25, -0.2) is 4.98 Å². The Hall–Kier alpha value is -3.19. The molecular weight excluding hydrogens is 446 g/mol. The van der Waals surface area contributed by atoms with E-state index in [0.29, 0.717) is 12.2 Å². The number of rotatable bonds is 10. The van der Waals surface area contributed by atoms with Crippen LogP contribution in [0.15, 0.2) is 60.0 Å². The topological polar surface area (TPSA) is 71.5 Å². The number of likely N-dealkylation sites (tertiary alicyclic amines) is 1. The summed E-state index contributed by atoms with van der Waals surface area (Å²) in [5.74, 6) is 0.576. The third-order valence-electron chi connectivity index (χ3n) is 5.99. The van der Waals surface area contributed by atoms with Crippen molar-refractivity contribution in [2.75, 3.05) is 19.7 Å². The first kappa shape index (κ1) is 24.0. The molecule has 1 N–H and O–H groups in total. The molecule has 0 bridgehead atoms. The van der Waals surface area contributed by atoms with Gasteiger partial charge >= 0.3 is 0 Å². The Morgan fingerprint density at radius 2 is 1.82 bits per heavy atom. The highest BCUT2D eigenvalue weighted by molar-refractivity contribution is 7.09. The molecule has 34 heavy (non-hydrogen) atoms. The maximum absolute atomic E-state index is 12.8. The van der Waals surface area contributed by atoms with Gasteiger partial charge in [-0.15, -0.1) is 11.3 Å². The van der Waals surface area contributed by atoms with E-state index in [4.69, 9.17) is 4.74 Å². The third-order valence-corrected chi connectivity index (χ3v) is 6.88. The van der Waals surface area contributed by atoms with Crippen LogP contribution in [0.3, 0.4) is 0 Å². The number of hydrogen-bond acceptors (Lipinski definition) is 5. The summed E-state index contributed by atoms with van der Waals surface area (Å²) in [5, 5.41) is 6.08. The molecule has 7 heteroatoms. The molecule has 4 rings (SSSR count). The lowest BCUT2D eigenvalue weighted by molar-refractivity contribution is -0.132. The summed E-state index contributed by atoms with van der Waals surface area (Å²) in [5.41, 5.74) is 2.87. The predicted octanol–water partition coefficient (Wildman–Crippen LogP) is 4.55. The molecule has 1 saturated heterocycles. The number of hydrogen-bond donors (Lipinski definition) is 1. The van der Waals surface area contributed by atoms with Gasteiger partial charge in [-0.1, -0.05) is 55.5 Å². The first-order valence-corrected chi connectivity index (χ1v) is 12.8. The van der Waals surface area contributed by atoms with E-state index in [1.165, 1.54) is 5.56 Å². The van der Waals surface area contributed by atoms with E-state index in [2.05, 4.69) is 22.4 Å². The second-order valence-electron chi connectivity index (χ2n) is 8.51. The highest BCUT2D eigenvalue weighted by atomic mass is 32.1. The minimum Gasteiger partial charge on any atom is -0.483 e. The van der Waals surface area contributed by atoms with Crippen LogP contribution in [0.2, 0.25) is 0 Å². The van der Waals surface area contributed by atoms with Crippen molar-refractivity contribution in [1.29, 1.82) is 0 Å². The molecule has 6 nitrogen and oxygen atoms in total. The van der Waals surface area contributed by atoms with Crippen molar-refractivity contribution in [2.45, 2.75) is 45.1 Å². The average molecular weight is 478 g/mol. The molecule has 1 aliphatic rings. The number of nitrogens with zero attached hydrogens (tertiary/aromatic N) is 2. The standard InChI is InChI=1S/C27H31N3O3S/c1-2-23(22-12-6-7-13-24(22)33-18-27(32)30-14-8-9-15-30)29-25(31)17-21-19-34-26(28-21)16-20-10-4-3-5-11-20/h3-7,10-13,19,23H,2,8-9,14-18H2,1H3,(H,29,31). The van der Waals surface area contributed by atoms with Crippen molar-refractivity contribution in [2.24, 2.45) is 0 Å². The number of nitrogens with one attached hydrogen (secondary N) is 1. The number of ether oxygens (including phenoxy) is 1. The molecule has 0 spiro atoms. The molecule has 1 unspecified atom stereocenters. The van der Waals surface area contributed by atoms with Gasteiger partial charge in [0.2, 0.25) is 5.91 Å². The summed E-state index contributed by atoms with van der Waals surface area (Å²) >= 11 is 1.58. The van der Waals surface area contributed by atoms with Crippen LogP contribution in [0.5, 0.6) is 5.75 Å². The fourth-order valence-electron chi connectivity index (χ4n) is 4.19. The Morgan fingerprint density at radius 3 is 2.59 bits per heavy atom. The Balaban J connectivity index is 1.34. The molecule has 0 saturated carbocycles. The minimum atomic E-state index is -0.201. The second kappa shape index (κ2) is 11.8. The van der Waals surface area contributed by atoms with Crippen molar-refractivity contribution in [3.63, 3.8) is 0 Å². The fraction of sp³-hybridized carbons (Fsp3) is 0.370. The second-order valence-corrected chi connectivity index (χ2v) is 9.46. The van der Waals surface area contributed by atoms with Crippen molar-refractivity contribution < 1.29 is 14.3 Å². The van der Waals surface area contributed by atoms with Crippen LogP contribution in [-0.2, 0) is 22.4 Å². The molecule has 2 aromatic carbocycles. The fourth-order valence-corrected chi connectivity index (χ4v) is 5.02. The molecule has 3 aromatic rings. The summed E-state index contributed by atoms with van der Waals surface area (Å²) in [4.78, 5) is 31.7. The molecular formula is C27H31N3O3S. The molecule has 0 aliphatic carbocycles. The number of thiazole rings is 1. The number of carbonyl (C=O) groups is 2. The maximum Gasteiger partial charge on any atom is 0.260 e. The summed E-state index contributed by atoms with van der Waals surface area (Å²) in [6.07, 6.45) is 3.82. The van der Waals surface area contributed by atoms with Gasteiger partial charge in [-0.3, -0.25) is 9.59 Å². The largest absolute Gasteiger partial charge is 0.483 e. The number of benzene rings is 2. The number of carbonyl (C=O) groups excluding carboxylic acids is 2. The first-order chi connectivity index (χ1) is 16.6. The molecule has 2 amide bonds. The van der Waals surface area contributed by atoms with Crippen molar-refractivity contribution in [3.8, 4) is 5.75 Å². The summed E-state index contributed by atoms with van der Waals surface area (Å²) in [6.45, 7) is 3.66. The van der Waals surface area contributed by atoms with E-state index in [9.17, 15) is 9.59 Å². The third kappa shape index (κ3) is 6.44. The first-order valence-electron chi connectivity index (χ1n) is 11.9. The average Bonchev–Trinajstić information content (AvgIpc) is 3.55. The zero-order valence-electron chi connectivity index (χ0n) is 19.5. The lowest BCUT2D eigenvalue weighted by Crippen LogP contribution is -2.33. The monoisotopic (exact) mass is 477 g/mol. The van der Waals surface area contributed by atoms with Gasteiger partial charge < -0.3 is 15.0 Å². The van der Waals surface area contributed by atoms with Crippen LogP contribution in [0, 0.1) is 0 Å². The van der Waals surface area contributed by atoms with E-state index < -0.39 is 0 Å². The van der Waals surface area contributed by atoms with Gasteiger partial charge in [-0.2, -0.15) is 0 Å². The summed E-state index contributed by atoms with van der Waals surface area (Å²) in [7, 11) is 0. The zero-order valence-corrected chi connectivity index (χ0v) is 20.4. The number of aromatic nitrogens is 1. The Morgan fingerprint density at radius 1 is 1.09 bits per heavy atom. The van der Waals surface area contributed by atoms with Gasteiger partial charge in [0.25, 0.3) is 5.91 Å². The van der Waals surface area contributed by atoms with E-state index >= 15 is 0 Å². The Labute approximate surface area is 205 Å². The smallest absolute Gasteiger partial charge is 0.260 e. The SMILES string of the molecule is CCC(NC(=O)Cc1csc(Cc2ccccc2)n1)c1ccccc1OCC(=O)N1CCCC1. The van der Waals surface area contributed by atoms with Crippen molar-refractivity contribution in [3.05, 3.63) is 81.8 Å². The lowest BCUT2D eigenvalue weighted by atomic mass is 10.0. The molecule has 2 heterocycles. The highest BCUT2D eigenvalue weighted by Gasteiger charge is 2.21. The highest BCUT2D eigenvalue weighted by Crippen LogP contribution is 2.27. The van der Waals surface area contributed by atoms with E-state index in [1.807, 2.05) is 59.7 Å². The van der Waals surface area contributed by atoms with Gasteiger partial charge in [0.1, 0.15) is 5.75 Å². The van der Waals surface area contributed by atoms with Gasteiger partial charge in [-0.05, 0) is 30.9 Å².